The van der Waals surface area contributed by atoms with Crippen molar-refractivity contribution < 1.29 is 13.2 Å². The number of hydrogen-bond acceptors (Lipinski definition) is 3. The van der Waals surface area contributed by atoms with Crippen molar-refractivity contribution in [2.75, 3.05) is 0 Å². The second kappa shape index (κ2) is 4.28. The Morgan fingerprint density at radius 2 is 1.38 bits per heavy atom. The van der Waals surface area contributed by atoms with Gasteiger partial charge in [0.2, 0.25) is 9.84 Å². The number of carbonyl (C=O) groups excluding carboxylic acids is 1. The lowest BCUT2D eigenvalue weighted by molar-refractivity contribution is 0.103. The Labute approximate surface area is 124 Å². The topological polar surface area (TPSA) is 51.2 Å². The van der Waals surface area contributed by atoms with Gasteiger partial charge in [0.25, 0.3) is 0 Å². The summed E-state index contributed by atoms with van der Waals surface area (Å²) in [5.74, 6) is -0.195. The predicted molar refractivity (Wildman–Crippen MR) is 80.7 cm³/mol. The molecule has 0 spiro atoms. The van der Waals surface area contributed by atoms with E-state index in [9.17, 15) is 13.2 Å². The minimum absolute atomic E-state index is 0.119. The Bertz CT molecular complexity index is 906. The van der Waals surface area contributed by atoms with Crippen molar-refractivity contribution in [1.82, 2.24) is 0 Å². The highest BCUT2D eigenvalue weighted by Gasteiger charge is 2.37. The third-order valence-corrected chi connectivity index (χ3v) is 6.53. The van der Waals surface area contributed by atoms with Gasteiger partial charge in [-0.1, -0.05) is 12.1 Å². The Hall–Kier alpha value is -1.94. The van der Waals surface area contributed by atoms with Gasteiger partial charge in [-0.3, -0.25) is 4.79 Å². The Kier molecular flexibility index (Phi) is 2.85. The molecule has 0 amide bonds. The van der Waals surface area contributed by atoms with Gasteiger partial charge in [-0.05, 0) is 62.1 Å². The van der Waals surface area contributed by atoms with Gasteiger partial charge in [0.15, 0.2) is 5.78 Å². The third kappa shape index (κ3) is 1.65. The molecular formula is C17H16O3S. The standard InChI is InChI=1S/C17H16O3S/c1-9-10(2)12(4)17-15(11(9)3)16(18)13-7-5-6-8-14(13)21(17,19)20/h5-8H,1-4H3. The van der Waals surface area contributed by atoms with Gasteiger partial charge >= 0.3 is 0 Å². The molecule has 0 bridgehead atoms. The highest BCUT2D eigenvalue weighted by Crippen LogP contribution is 2.40. The van der Waals surface area contributed by atoms with Crippen LogP contribution in [0, 0.1) is 27.7 Å². The monoisotopic (exact) mass is 300 g/mol. The molecule has 2 aromatic carbocycles. The molecule has 0 N–H and O–H groups in total. The Morgan fingerprint density at radius 1 is 0.810 bits per heavy atom. The third-order valence-electron chi connectivity index (χ3n) is 4.55. The predicted octanol–water partition coefficient (Wildman–Crippen LogP) is 3.30. The van der Waals surface area contributed by atoms with Gasteiger partial charge in [0, 0.05) is 11.1 Å². The summed E-state index contributed by atoms with van der Waals surface area (Å²) in [4.78, 5) is 13.1. The van der Waals surface area contributed by atoms with Crippen LogP contribution in [0.1, 0.15) is 38.2 Å². The zero-order valence-electron chi connectivity index (χ0n) is 12.4. The van der Waals surface area contributed by atoms with Crippen LogP contribution in [0.5, 0.6) is 0 Å². The highest BCUT2D eigenvalue weighted by molar-refractivity contribution is 7.91. The normalized spacial score (nSPS) is 15.5. The van der Waals surface area contributed by atoms with Crippen molar-refractivity contribution in [3.8, 4) is 0 Å². The van der Waals surface area contributed by atoms with Crippen LogP contribution in [0.15, 0.2) is 34.1 Å². The van der Waals surface area contributed by atoms with E-state index in [4.69, 9.17) is 0 Å². The molecule has 1 aliphatic rings. The number of fused-ring (bicyclic) bond motifs is 2. The zero-order chi connectivity index (χ0) is 15.5. The number of sulfone groups is 1. The minimum Gasteiger partial charge on any atom is -0.289 e. The minimum atomic E-state index is -3.65. The van der Waals surface area contributed by atoms with Crippen molar-refractivity contribution >= 4 is 15.6 Å². The Balaban J connectivity index is 2.57. The summed E-state index contributed by atoms with van der Waals surface area (Å²) in [5.41, 5.74) is 3.97. The lowest BCUT2D eigenvalue weighted by Gasteiger charge is -2.25. The average molecular weight is 300 g/mol. The molecule has 0 aliphatic carbocycles. The smallest absolute Gasteiger partial charge is 0.208 e. The molecule has 0 saturated carbocycles. The van der Waals surface area contributed by atoms with Gasteiger partial charge in [-0.2, -0.15) is 0 Å². The molecule has 0 saturated heterocycles. The lowest BCUT2D eigenvalue weighted by Crippen LogP contribution is -2.23. The first-order chi connectivity index (χ1) is 9.78. The summed E-state index contributed by atoms with van der Waals surface area (Å²) in [6.07, 6.45) is 0. The molecule has 21 heavy (non-hydrogen) atoms. The van der Waals surface area contributed by atoms with Gasteiger partial charge in [-0.15, -0.1) is 0 Å². The van der Waals surface area contributed by atoms with Crippen molar-refractivity contribution in [3.05, 3.63) is 57.6 Å². The first-order valence-electron chi connectivity index (χ1n) is 6.77. The maximum Gasteiger partial charge on any atom is 0.208 e. The molecule has 0 radical (unpaired) electrons. The molecule has 4 heteroatoms. The second-order valence-corrected chi connectivity index (χ2v) is 7.39. The van der Waals surface area contributed by atoms with E-state index in [1.165, 1.54) is 6.07 Å². The molecule has 0 fully saturated rings. The fourth-order valence-electron chi connectivity index (χ4n) is 3.02. The maximum atomic E-state index is 12.9. The van der Waals surface area contributed by atoms with E-state index >= 15 is 0 Å². The van der Waals surface area contributed by atoms with E-state index in [1.54, 1.807) is 25.1 Å². The number of ketones is 1. The zero-order valence-corrected chi connectivity index (χ0v) is 13.3. The van der Waals surface area contributed by atoms with Crippen LogP contribution in [0.2, 0.25) is 0 Å². The fourth-order valence-corrected chi connectivity index (χ4v) is 5.02. The SMILES string of the molecule is Cc1c(C)c(C)c2c(c1C)C(=O)c1ccccc1S2(=O)=O. The van der Waals surface area contributed by atoms with Crippen LogP contribution in [-0.4, -0.2) is 14.2 Å². The van der Waals surface area contributed by atoms with Crippen molar-refractivity contribution in [1.29, 1.82) is 0 Å². The van der Waals surface area contributed by atoms with E-state index in [2.05, 4.69) is 0 Å². The average Bonchev–Trinajstić information content (AvgIpc) is 2.46. The first kappa shape index (κ1) is 14.0. The number of hydrogen-bond donors (Lipinski definition) is 0. The highest BCUT2D eigenvalue weighted by atomic mass is 32.2. The summed E-state index contributed by atoms with van der Waals surface area (Å²) in [6.45, 7) is 7.43. The van der Waals surface area contributed by atoms with E-state index < -0.39 is 9.84 Å². The molecular weight excluding hydrogens is 284 g/mol. The largest absolute Gasteiger partial charge is 0.289 e. The molecule has 3 nitrogen and oxygen atoms in total. The van der Waals surface area contributed by atoms with Crippen LogP contribution in [0.25, 0.3) is 0 Å². The molecule has 0 aromatic heterocycles. The van der Waals surface area contributed by atoms with Crippen LogP contribution >= 0.6 is 0 Å². The lowest BCUT2D eigenvalue weighted by atomic mass is 9.90. The summed E-state index contributed by atoms with van der Waals surface area (Å²) in [5, 5.41) is 0. The molecule has 1 heterocycles. The quantitative estimate of drug-likeness (QED) is 0.640. The van der Waals surface area contributed by atoms with Crippen molar-refractivity contribution in [3.63, 3.8) is 0 Å². The van der Waals surface area contributed by atoms with E-state index in [0.717, 1.165) is 16.7 Å². The van der Waals surface area contributed by atoms with Crippen LogP contribution < -0.4 is 0 Å². The van der Waals surface area contributed by atoms with E-state index in [-0.39, 0.29) is 21.1 Å². The molecule has 2 aromatic rings. The molecule has 0 atom stereocenters. The molecule has 108 valence electrons. The molecule has 3 rings (SSSR count). The summed E-state index contributed by atoms with van der Waals surface area (Å²) in [7, 11) is -3.65. The number of carbonyl (C=O) groups is 1. The fraction of sp³-hybridized carbons (Fsp3) is 0.235. The van der Waals surface area contributed by atoms with Crippen molar-refractivity contribution in [2.24, 2.45) is 0 Å². The van der Waals surface area contributed by atoms with E-state index in [1.807, 2.05) is 20.8 Å². The first-order valence-corrected chi connectivity index (χ1v) is 8.26. The van der Waals surface area contributed by atoms with E-state index in [0.29, 0.717) is 11.1 Å². The summed E-state index contributed by atoms with van der Waals surface area (Å²) < 4.78 is 25.9. The van der Waals surface area contributed by atoms with Gasteiger partial charge < -0.3 is 0 Å². The van der Waals surface area contributed by atoms with Gasteiger partial charge in [-0.25, -0.2) is 8.42 Å². The van der Waals surface area contributed by atoms with Crippen LogP contribution in [0.3, 0.4) is 0 Å². The number of benzene rings is 2. The van der Waals surface area contributed by atoms with Crippen LogP contribution in [-0.2, 0) is 9.84 Å². The summed E-state index contributed by atoms with van der Waals surface area (Å²) >= 11 is 0. The molecule has 1 aliphatic heterocycles. The second-order valence-electron chi connectivity index (χ2n) is 5.53. The molecule has 0 unspecified atom stereocenters. The Morgan fingerprint density at radius 3 is 2.05 bits per heavy atom. The van der Waals surface area contributed by atoms with Gasteiger partial charge in [0.05, 0.1) is 9.79 Å². The van der Waals surface area contributed by atoms with Gasteiger partial charge in [0.1, 0.15) is 0 Å². The van der Waals surface area contributed by atoms with Crippen LogP contribution in [0.4, 0.5) is 0 Å². The maximum absolute atomic E-state index is 12.9. The number of rotatable bonds is 0. The summed E-state index contributed by atoms with van der Waals surface area (Å²) in [6, 6.07) is 6.44. The van der Waals surface area contributed by atoms with Crippen molar-refractivity contribution in [2.45, 2.75) is 37.5 Å².